The van der Waals surface area contributed by atoms with E-state index in [2.05, 4.69) is 0 Å². The molecule has 0 bridgehead atoms. The Hall–Kier alpha value is -1.62. The first-order chi connectivity index (χ1) is 8.65. The van der Waals surface area contributed by atoms with Gasteiger partial charge in [-0.05, 0) is 24.6 Å². The lowest BCUT2D eigenvalue weighted by Gasteiger charge is -2.18. The largest absolute Gasteiger partial charge is 0.496 e. The quantitative estimate of drug-likeness (QED) is 0.874. The first-order valence-electron chi connectivity index (χ1n) is 5.95. The maximum absolute atomic E-state index is 13.8. The van der Waals surface area contributed by atoms with E-state index in [4.69, 9.17) is 10.5 Å². The van der Waals surface area contributed by atoms with E-state index in [1.807, 2.05) is 0 Å². The van der Waals surface area contributed by atoms with Crippen molar-refractivity contribution in [3.8, 4) is 5.75 Å². The second-order valence-electron chi connectivity index (χ2n) is 4.50. The zero-order valence-corrected chi connectivity index (χ0v) is 10.4. The fourth-order valence-corrected chi connectivity index (χ4v) is 2.24. The van der Waals surface area contributed by atoms with Crippen molar-refractivity contribution in [3.05, 3.63) is 29.6 Å². The summed E-state index contributed by atoms with van der Waals surface area (Å²) in [6.45, 7) is 1.31. The van der Waals surface area contributed by atoms with Gasteiger partial charge in [-0.25, -0.2) is 4.39 Å². The fraction of sp³-hybridized carbons (Fsp3) is 0.462. The molecule has 1 aromatic carbocycles. The van der Waals surface area contributed by atoms with Gasteiger partial charge in [0, 0.05) is 18.5 Å². The molecule has 0 aromatic heterocycles. The van der Waals surface area contributed by atoms with Gasteiger partial charge in [0.25, 0.3) is 0 Å². The maximum atomic E-state index is 13.8. The zero-order chi connectivity index (χ0) is 13.1. The van der Waals surface area contributed by atoms with Crippen LogP contribution in [-0.4, -0.2) is 31.0 Å². The first kappa shape index (κ1) is 12.8. The Morgan fingerprint density at radius 2 is 2.33 bits per heavy atom. The van der Waals surface area contributed by atoms with Crippen molar-refractivity contribution in [3.63, 3.8) is 0 Å². The van der Waals surface area contributed by atoms with Gasteiger partial charge in [0.05, 0.1) is 13.7 Å². The summed E-state index contributed by atoms with van der Waals surface area (Å²) in [6, 6.07) is 4.66. The normalized spacial score (nSPS) is 19.4. The number of ether oxygens (including phenoxy) is 1. The van der Waals surface area contributed by atoms with Crippen molar-refractivity contribution in [2.45, 2.75) is 13.0 Å². The average Bonchev–Trinajstić information content (AvgIpc) is 2.73. The molecule has 1 amide bonds. The molecule has 1 atom stereocenters. The molecule has 0 aliphatic carbocycles. The monoisotopic (exact) mass is 252 g/mol. The van der Waals surface area contributed by atoms with Crippen LogP contribution in [0.1, 0.15) is 12.0 Å². The highest BCUT2D eigenvalue weighted by Crippen LogP contribution is 2.26. The number of methoxy groups -OCH3 is 1. The van der Waals surface area contributed by atoms with Crippen molar-refractivity contribution in [1.82, 2.24) is 4.90 Å². The molecule has 1 aliphatic heterocycles. The highest BCUT2D eigenvalue weighted by Gasteiger charge is 2.29. The number of nitrogens with zero attached hydrogens (tertiary/aromatic N) is 1. The standard InChI is InChI=1S/C13H17FN2O2/c1-18-12-4-2-3-11(14)10(12)8-16-7-9(6-15)5-13(16)17/h2-4,9H,5-8,15H2,1H3. The van der Waals surface area contributed by atoms with E-state index in [0.29, 0.717) is 30.8 Å². The van der Waals surface area contributed by atoms with Gasteiger partial charge in [0.1, 0.15) is 11.6 Å². The first-order valence-corrected chi connectivity index (χ1v) is 5.95. The smallest absolute Gasteiger partial charge is 0.223 e. The Kier molecular flexibility index (Phi) is 3.81. The van der Waals surface area contributed by atoms with E-state index < -0.39 is 0 Å². The molecule has 5 heteroatoms. The van der Waals surface area contributed by atoms with Crippen LogP contribution in [0.15, 0.2) is 18.2 Å². The SMILES string of the molecule is COc1cccc(F)c1CN1CC(CN)CC1=O. The van der Waals surface area contributed by atoms with Crippen LogP contribution < -0.4 is 10.5 Å². The third-order valence-electron chi connectivity index (χ3n) is 3.27. The molecule has 4 nitrogen and oxygen atoms in total. The second kappa shape index (κ2) is 5.35. The molecule has 18 heavy (non-hydrogen) atoms. The molecular formula is C13H17FN2O2. The third-order valence-corrected chi connectivity index (χ3v) is 3.27. The van der Waals surface area contributed by atoms with Crippen LogP contribution in [0.5, 0.6) is 5.75 Å². The molecule has 2 rings (SSSR count). The van der Waals surface area contributed by atoms with Crippen LogP contribution in [0.25, 0.3) is 0 Å². The highest BCUT2D eigenvalue weighted by atomic mass is 19.1. The predicted octanol–water partition coefficient (Wildman–Crippen LogP) is 1.14. The minimum Gasteiger partial charge on any atom is -0.496 e. The Balaban J connectivity index is 2.17. The molecule has 0 radical (unpaired) electrons. The van der Waals surface area contributed by atoms with Crippen molar-refractivity contribution in [2.24, 2.45) is 11.7 Å². The van der Waals surface area contributed by atoms with Gasteiger partial charge in [0.15, 0.2) is 0 Å². The number of benzene rings is 1. The number of halogens is 1. The van der Waals surface area contributed by atoms with Crippen LogP contribution in [0.3, 0.4) is 0 Å². The lowest BCUT2D eigenvalue weighted by atomic mass is 10.1. The number of carbonyl (C=O) groups is 1. The molecule has 1 fully saturated rings. The summed E-state index contributed by atoms with van der Waals surface area (Å²) in [6.07, 6.45) is 0.452. The summed E-state index contributed by atoms with van der Waals surface area (Å²) in [5.74, 6) is 0.323. The van der Waals surface area contributed by atoms with Crippen LogP contribution >= 0.6 is 0 Å². The lowest BCUT2D eigenvalue weighted by Crippen LogP contribution is -2.26. The van der Waals surface area contributed by atoms with Crippen LogP contribution in [0, 0.1) is 11.7 Å². The molecule has 1 unspecified atom stereocenters. The molecule has 1 heterocycles. The number of carbonyl (C=O) groups excluding carboxylic acids is 1. The third kappa shape index (κ3) is 2.46. The summed E-state index contributed by atoms with van der Waals surface area (Å²) >= 11 is 0. The van der Waals surface area contributed by atoms with Crippen LogP contribution in [0.4, 0.5) is 4.39 Å². The summed E-state index contributed by atoms with van der Waals surface area (Å²) in [4.78, 5) is 13.4. The maximum Gasteiger partial charge on any atom is 0.223 e. The van der Waals surface area contributed by atoms with Crippen molar-refractivity contribution >= 4 is 5.91 Å². The van der Waals surface area contributed by atoms with Gasteiger partial charge in [-0.15, -0.1) is 0 Å². The number of rotatable bonds is 4. The Bertz CT molecular complexity index is 451. The number of likely N-dealkylation sites (tertiary alicyclic amines) is 1. The minimum atomic E-state index is -0.349. The van der Waals surface area contributed by atoms with Gasteiger partial charge in [0.2, 0.25) is 5.91 Å². The minimum absolute atomic E-state index is 0.0238. The molecule has 2 N–H and O–H groups in total. The average molecular weight is 252 g/mol. The predicted molar refractivity (Wildman–Crippen MR) is 65.5 cm³/mol. The fourth-order valence-electron chi connectivity index (χ4n) is 2.24. The molecule has 0 saturated carbocycles. The van der Waals surface area contributed by atoms with Crippen molar-refractivity contribution in [1.29, 1.82) is 0 Å². The van der Waals surface area contributed by atoms with E-state index >= 15 is 0 Å². The molecular weight excluding hydrogens is 235 g/mol. The number of nitrogens with two attached hydrogens (primary N) is 1. The topological polar surface area (TPSA) is 55.6 Å². The zero-order valence-electron chi connectivity index (χ0n) is 10.4. The van der Waals surface area contributed by atoms with Gasteiger partial charge in [-0.1, -0.05) is 6.07 Å². The van der Waals surface area contributed by atoms with Crippen LogP contribution in [-0.2, 0) is 11.3 Å². The summed E-state index contributed by atoms with van der Waals surface area (Å²) < 4.78 is 18.9. The second-order valence-corrected chi connectivity index (χ2v) is 4.50. The van der Waals surface area contributed by atoms with E-state index in [1.54, 1.807) is 17.0 Å². The van der Waals surface area contributed by atoms with Crippen LogP contribution in [0.2, 0.25) is 0 Å². The number of hydrogen-bond acceptors (Lipinski definition) is 3. The van der Waals surface area contributed by atoms with Crippen molar-refractivity contribution < 1.29 is 13.9 Å². The lowest BCUT2D eigenvalue weighted by molar-refractivity contribution is -0.128. The number of amides is 1. The van der Waals surface area contributed by atoms with E-state index in [0.717, 1.165) is 0 Å². The van der Waals surface area contributed by atoms with Gasteiger partial charge in [-0.2, -0.15) is 0 Å². The summed E-state index contributed by atoms with van der Waals surface area (Å²) in [5, 5.41) is 0. The van der Waals surface area contributed by atoms with E-state index in [-0.39, 0.29) is 24.2 Å². The Labute approximate surface area is 106 Å². The molecule has 1 aromatic rings. The van der Waals surface area contributed by atoms with Gasteiger partial charge in [-0.3, -0.25) is 4.79 Å². The molecule has 98 valence electrons. The van der Waals surface area contributed by atoms with E-state index in [9.17, 15) is 9.18 Å². The van der Waals surface area contributed by atoms with Gasteiger partial charge >= 0.3 is 0 Å². The Morgan fingerprint density at radius 1 is 1.56 bits per heavy atom. The highest BCUT2D eigenvalue weighted by molar-refractivity contribution is 5.78. The van der Waals surface area contributed by atoms with Gasteiger partial charge < -0.3 is 15.4 Å². The molecule has 1 aliphatic rings. The van der Waals surface area contributed by atoms with E-state index in [1.165, 1.54) is 13.2 Å². The molecule has 1 saturated heterocycles. The number of hydrogen-bond donors (Lipinski definition) is 1. The summed E-state index contributed by atoms with van der Waals surface area (Å²) in [5.41, 5.74) is 5.98. The Morgan fingerprint density at radius 3 is 2.94 bits per heavy atom. The molecule has 0 spiro atoms. The summed E-state index contributed by atoms with van der Waals surface area (Å²) in [7, 11) is 1.49. The van der Waals surface area contributed by atoms with Crippen molar-refractivity contribution in [2.75, 3.05) is 20.2 Å².